The molecular formula is C10H10Cl2O3. The van der Waals surface area contributed by atoms with Crippen molar-refractivity contribution in [2.24, 2.45) is 0 Å². The molecule has 0 aliphatic carbocycles. The minimum absolute atomic E-state index is 0.216. The van der Waals surface area contributed by atoms with Crippen LogP contribution >= 0.6 is 23.2 Å². The molecule has 0 aliphatic heterocycles. The van der Waals surface area contributed by atoms with Gasteiger partial charge in [0.2, 0.25) is 0 Å². The molecule has 0 amide bonds. The standard InChI is InChI=1S/C10H10Cl2O3/c1-10(2,9(13)14)15-7-5-3-4-6(11)8(7)12/h3-5H,1-2H3,(H,13,14). The lowest BCUT2D eigenvalue weighted by Crippen LogP contribution is -2.37. The molecule has 0 fully saturated rings. The van der Waals surface area contributed by atoms with Gasteiger partial charge in [0, 0.05) is 0 Å². The highest BCUT2D eigenvalue weighted by Crippen LogP contribution is 2.33. The van der Waals surface area contributed by atoms with E-state index in [0.29, 0.717) is 5.02 Å². The van der Waals surface area contributed by atoms with Crippen LogP contribution in [0.1, 0.15) is 13.8 Å². The molecular weight excluding hydrogens is 239 g/mol. The van der Waals surface area contributed by atoms with E-state index < -0.39 is 11.6 Å². The second kappa shape index (κ2) is 4.29. The third-order valence-corrected chi connectivity index (χ3v) is 2.60. The van der Waals surface area contributed by atoms with Gasteiger partial charge in [0.15, 0.2) is 5.60 Å². The molecule has 0 aromatic heterocycles. The molecule has 5 heteroatoms. The van der Waals surface area contributed by atoms with E-state index in [4.69, 9.17) is 33.0 Å². The molecule has 0 unspecified atom stereocenters. The van der Waals surface area contributed by atoms with E-state index in [1.165, 1.54) is 13.8 Å². The van der Waals surface area contributed by atoms with Crippen molar-refractivity contribution < 1.29 is 14.6 Å². The van der Waals surface area contributed by atoms with Gasteiger partial charge in [-0.1, -0.05) is 29.3 Å². The Labute approximate surface area is 97.6 Å². The van der Waals surface area contributed by atoms with E-state index in [9.17, 15) is 4.79 Å². The van der Waals surface area contributed by atoms with Crippen LogP contribution in [0.2, 0.25) is 10.0 Å². The van der Waals surface area contributed by atoms with Gasteiger partial charge in [-0.05, 0) is 26.0 Å². The molecule has 0 saturated heterocycles. The predicted molar refractivity (Wildman–Crippen MR) is 58.8 cm³/mol. The average molecular weight is 249 g/mol. The molecule has 1 aromatic rings. The summed E-state index contributed by atoms with van der Waals surface area (Å²) >= 11 is 11.6. The summed E-state index contributed by atoms with van der Waals surface area (Å²) in [5.41, 5.74) is -1.34. The van der Waals surface area contributed by atoms with E-state index in [2.05, 4.69) is 0 Å². The van der Waals surface area contributed by atoms with Crippen LogP contribution in [-0.2, 0) is 4.79 Å². The number of aliphatic carboxylic acids is 1. The van der Waals surface area contributed by atoms with Gasteiger partial charge < -0.3 is 9.84 Å². The number of benzene rings is 1. The van der Waals surface area contributed by atoms with Crippen LogP contribution in [0, 0.1) is 0 Å². The highest BCUT2D eigenvalue weighted by atomic mass is 35.5. The van der Waals surface area contributed by atoms with Gasteiger partial charge in [-0.2, -0.15) is 0 Å². The number of ether oxygens (including phenoxy) is 1. The highest BCUT2D eigenvalue weighted by molar-refractivity contribution is 6.42. The Morgan fingerprint density at radius 1 is 1.40 bits per heavy atom. The molecule has 0 aliphatic rings. The summed E-state index contributed by atoms with van der Waals surface area (Å²) < 4.78 is 5.26. The second-order valence-electron chi connectivity index (χ2n) is 3.47. The minimum atomic E-state index is -1.34. The summed E-state index contributed by atoms with van der Waals surface area (Å²) in [7, 11) is 0. The van der Waals surface area contributed by atoms with E-state index in [-0.39, 0.29) is 10.8 Å². The molecule has 0 radical (unpaired) electrons. The Morgan fingerprint density at radius 3 is 2.53 bits per heavy atom. The fourth-order valence-electron chi connectivity index (χ4n) is 0.881. The van der Waals surface area contributed by atoms with Gasteiger partial charge in [-0.25, -0.2) is 4.79 Å². The predicted octanol–water partition coefficient (Wildman–Crippen LogP) is 3.24. The lowest BCUT2D eigenvalue weighted by molar-refractivity contribution is -0.152. The third kappa shape index (κ3) is 2.76. The van der Waals surface area contributed by atoms with Crippen LogP contribution in [0.4, 0.5) is 0 Å². The van der Waals surface area contributed by atoms with E-state index in [0.717, 1.165) is 0 Å². The Balaban J connectivity index is 3.00. The molecule has 0 atom stereocenters. The third-order valence-electron chi connectivity index (χ3n) is 1.80. The zero-order valence-corrected chi connectivity index (χ0v) is 9.76. The van der Waals surface area contributed by atoms with Crippen LogP contribution in [0.25, 0.3) is 0 Å². The fourth-order valence-corrected chi connectivity index (χ4v) is 1.21. The first-order chi connectivity index (χ1) is 6.84. The van der Waals surface area contributed by atoms with Crippen LogP contribution in [0.3, 0.4) is 0 Å². The van der Waals surface area contributed by atoms with Gasteiger partial charge in [0.25, 0.3) is 0 Å². The molecule has 1 rings (SSSR count). The number of carbonyl (C=O) groups is 1. The lowest BCUT2D eigenvalue weighted by Gasteiger charge is -2.22. The van der Waals surface area contributed by atoms with Gasteiger partial charge in [0.1, 0.15) is 10.8 Å². The normalized spacial score (nSPS) is 11.2. The Bertz CT molecular complexity index is 388. The van der Waals surface area contributed by atoms with Crippen molar-refractivity contribution in [2.75, 3.05) is 0 Å². The van der Waals surface area contributed by atoms with Gasteiger partial charge in [-0.15, -0.1) is 0 Å². The van der Waals surface area contributed by atoms with Crippen molar-refractivity contribution in [1.29, 1.82) is 0 Å². The van der Waals surface area contributed by atoms with Gasteiger partial charge in [-0.3, -0.25) is 0 Å². The van der Waals surface area contributed by atoms with Gasteiger partial charge in [0.05, 0.1) is 5.02 Å². The molecule has 0 saturated carbocycles. The summed E-state index contributed by atoms with van der Waals surface area (Å²) in [4.78, 5) is 10.8. The van der Waals surface area contributed by atoms with Crippen molar-refractivity contribution in [3.05, 3.63) is 28.2 Å². The van der Waals surface area contributed by atoms with Crippen LogP contribution in [-0.4, -0.2) is 16.7 Å². The second-order valence-corrected chi connectivity index (χ2v) is 4.25. The van der Waals surface area contributed by atoms with Crippen LogP contribution in [0.15, 0.2) is 18.2 Å². The fraction of sp³-hybridized carbons (Fsp3) is 0.300. The number of rotatable bonds is 3. The summed E-state index contributed by atoms with van der Waals surface area (Å²) in [6.45, 7) is 2.87. The molecule has 0 bridgehead atoms. The topological polar surface area (TPSA) is 46.5 Å². The quantitative estimate of drug-likeness (QED) is 0.894. The lowest BCUT2D eigenvalue weighted by atomic mass is 10.1. The number of hydrogen-bond acceptors (Lipinski definition) is 2. The number of carboxylic acid groups (broad SMARTS) is 1. The maximum Gasteiger partial charge on any atom is 0.347 e. The van der Waals surface area contributed by atoms with Crippen molar-refractivity contribution in [2.45, 2.75) is 19.4 Å². The SMILES string of the molecule is CC(C)(Oc1cccc(Cl)c1Cl)C(=O)O. The number of carboxylic acids is 1. The number of hydrogen-bond donors (Lipinski definition) is 1. The van der Waals surface area contributed by atoms with E-state index in [1.807, 2.05) is 0 Å². The molecule has 15 heavy (non-hydrogen) atoms. The Kier molecular flexibility index (Phi) is 3.47. The first-order valence-electron chi connectivity index (χ1n) is 4.21. The van der Waals surface area contributed by atoms with Crippen LogP contribution in [0.5, 0.6) is 5.75 Å². The first kappa shape index (κ1) is 12.1. The molecule has 1 aromatic carbocycles. The summed E-state index contributed by atoms with van der Waals surface area (Å²) in [5, 5.41) is 9.41. The summed E-state index contributed by atoms with van der Waals surface area (Å²) in [6, 6.07) is 4.81. The Hall–Kier alpha value is -0.930. The largest absolute Gasteiger partial charge is 0.478 e. The smallest absolute Gasteiger partial charge is 0.347 e. The maximum atomic E-state index is 10.8. The van der Waals surface area contributed by atoms with E-state index in [1.54, 1.807) is 18.2 Å². The molecule has 0 heterocycles. The van der Waals surface area contributed by atoms with Crippen molar-refractivity contribution >= 4 is 29.2 Å². The molecule has 0 spiro atoms. The highest BCUT2D eigenvalue weighted by Gasteiger charge is 2.30. The molecule has 3 nitrogen and oxygen atoms in total. The molecule has 82 valence electrons. The number of halogens is 2. The van der Waals surface area contributed by atoms with E-state index >= 15 is 0 Å². The zero-order chi connectivity index (χ0) is 11.6. The minimum Gasteiger partial charge on any atom is -0.478 e. The zero-order valence-electron chi connectivity index (χ0n) is 8.25. The summed E-state index contributed by atoms with van der Waals surface area (Å²) in [5.74, 6) is -0.810. The Morgan fingerprint density at radius 2 is 2.00 bits per heavy atom. The monoisotopic (exact) mass is 248 g/mol. The van der Waals surface area contributed by atoms with Crippen molar-refractivity contribution in [3.8, 4) is 5.75 Å². The molecule has 1 N–H and O–H groups in total. The summed E-state index contributed by atoms with van der Waals surface area (Å²) in [6.07, 6.45) is 0. The van der Waals surface area contributed by atoms with Crippen molar-refractivity contribution in [3.63, 3.8) is 0 Å². The first-order valence-corrected chi connectivity index (χ1v) is 4.96. The van der Waals surface area contributed by atoms with Crippen LogP contribution < -0.4 is 4.74 Å². The average Bonchev–Trinajstić information content (AvgIpc) is 2.12. The van der Waals surface area contributed by atoms with Gasteiger partial charge >= 0.3 is 5.97 Å². The maximum absolute atomic E-state index is 10.8. The van der Waals surface area contributed by atoms with Crippen molar-refractivity contribution in [1.82, 2.24) is 0 Å².